The van der Waals surface area contributed by atoms with E-state index in [9.17, 15) is 5.11 Å². The standard InChI is InChI=1S/C11H11BrN2O2/c1-7(15)11-13-10(14-16-11)6-8-2-4-9(12)5-3-8/h2-5,7,15H,6H2,1H3. The van der Waals surface area contributed by atoms with Gasteiger partial charge in [-0.05, 0) is 24.6 Å². The lowest BCUT2D eigenvalue weighted by molar-refractivity contribution is 0.151. The minimum Gasteiger partial charge on any atom is -0.384 e. The normalized spacial score (nSPS) is 12.7. The molecule has 1 aromatic carbocycles. The monoisotopic (exact) mass is 282 g/mol. The lowest BCUT2D eigenvalue weighted by atomic mass is 10.1. The minimum absolute atomic E-state index is 0.257. The molecule has 2 aromatic rings. The number of hydrogen-bond acceptors (Lipinski definition) is 4. The van der Waals surface area contributed by atoms with Crippen molar-refractivity contribution in [2.75, 3.05) is 0 Å². The highest BCUT2D eigenvalue weighted by Crippen LogP contribution is 2.14. The van der Waals surface area contributed by atoms with Crippen LogP contribution >= 0.6 is 15.9 Å². The zero-order chi connectivity index (χ0) is 11.5. The van der Waals surface area contributed by atoms with Gasteiger partial charge in [-0.15, -0.1) is 0 Å². The third-order valence-corrected chi connectivity index (χ3v) is 2.65. The van der Waals surface area contributed by atoms with Crippen molar-refractivity contribution in [2.45, 2.75) is 19.4 Å². The van der Waals surface area contributed by atoms with Gasteiger partial charge in [-0.25, -0.2) is 0 Å². The smallest absolute Gasteiger partial charge is 0.255 e. The van der Waals surface area contributed by atoms with Gasteiger partial charge in [0.05, 0.1) is 0 Å². The molecule has 0 aliphatic rings. The SMILES string of the molecule is CC(O)c1nc(Cc2ccc(Br)cc2)no1. The lowest BCUT2D eigenvalue weighted by Gasteiger charge is -1.96. The first kappa shape index (κ1) is 11.3. The second-order valence-corrected chi connectivity index (χ2v) is 4.44. The van der Waals surface area contributed by atoms with E-state index in [2.05, 4.69) is 26.1 Å². The third-order valence-electron chi connectivity index (χ3n) is 2.12. The van der Waals surface area contributed by atoms with E-state index in [1.165, 1.54) is 0 Å². The van der Waals surface area contributed by atoms with Crippen LogP contribution in [0.5, 0.6) is 0 Å². The maximum Gasteiger partial charge on any atom is 0.255 e. The number of nitrogens with zero attached hydrogens (tertiary/aromatic N) is 2. The summed E-state index contributed by atoms with van der Waals surface area (Å²) in [6, 6.07) is 7.90. The summed E-state index contributed by atoms with van der Waals surface area (Å²) in [5.41, 5.74) is 1.10. The molecule has 16 heavy (non-hydrogen) atoms. The van der Waals surface area contributed by atoms with E-state index in [-0.39, 0.29) is 5.89 Å². The maximum atomic E-state index is 9.24. The van der Waals surface area contributed by atoms with Gasteiger partial charge in [-0.2, -0.15) is 4.98 Å². The Morgan fingerprint density at radius 1 is 1.38 bits per heavy atom. The van der Waals surface area contributed by atoms with Crippen molar-refractivity contribution >= 4 is 15.9 Å². The molecule has 4 nitrogen and oxygen atoms in total. The van der Waals surface area contributed by atoms with Crippen LogP contribution in [-0.2, 0) is 6.42 Å². The van der Waals surface area contributed by atoms with E-state index in [0.717, 1.165) is 10.0 Å². The predicted octanol–water partition coefficient (Wildman–Crippen LogP) is 2.48. The van der Waals surface area contributed by atoms with E-state index in [0.29, 0.717) is 12.2 Å². The van der Waals surface area contributed by atoms with Crippen molar-refractivity contribution in [3.8, 4) is 0 Å². The molecule has 1 aromatic heterocycles. The van der Waals surface area contributed by atoms with Gasteiger partial charge in [0.25, 0.3) is 5.89 Å². The maximum absolute atomic E-state index is 9.24. The molecule has 0 saturated carbocycles. The summed E-state index contributed by atoms with van der Waals surface area (Å²) < 4.78 is 5.94. The van der Waals surface area contributed by atoms with Gasteiger partial charge in [0.2, 0.25) is 0 Å². The van der Waals surface area contributed by atoms with Crippen molar-refractivity contribution in [2.24, 2.45) is 0 Å². The van der Waals surface area contributed by atoms with Gasteiger partial charge in [0.15, 0.2) is 5.82 Å². The largest absolute Gasteiger partial charge is 0.384 e. The Labute approximate surface area is 101 Å². The van der Waals surface area contributed by atoms with Crippen molar-refractivity contribution in [1.29, 1.82) is 0 Å². The first-order valence-corrected chi connectivity index (χ1v) is 5.69. The van der Waals surface area contributed by atoms with Crippen LogP contribution in [0.4, 0.5) is 0 Å². The number of halogens is 1. The summed E-state index contributed by atoms with van der Waals surface area (Å²) in [4.78, 5) is 4.09. The second-order valence-electron chi connectivity index (χ2n) is 3.53. The lowest BCUT2D eigenvalue weighted by Crippen LogP contribution is -1.93. The summed E-state index contributed by atoms with van der Waals surface area (Å²) in [7, 11) is 0. The Morgan fingerprint density at radius 2 is 2.06 bits per heavy atom. The van der Waals surface area contributed by atoms with Crippen LogP contribution in [0.2, 0.25) is 0 Å². The summed E-state index contributed by atoms with van der Waals surface area (Å²) >= 11 is 3.37. The Hall–Kier alpha value is -1.20. The zero-order valence-corrected chi connectivity index (χ0v) is 10.3. The highest BCUT2D eigenvalue weighted by atomic mass is 79.9. The Morgan fingerprint density at radius 3 is 2.62 bits per heavy atom. The Balaban J connectivity index is 2.11. The summed E-state index contributed by atoms with van der Waals surface area (Å²) in [5, 5.41) is 13.0. The first-order valence-electron chi connectivity index (χ1n) is 4.90. The van der Waals surface area contributed by atoms with Crippen LogP contribution < -0.4 is 0 Å². The van der Waals surface area contributed by atoms with Crippen molar-refractivity contribution in [3.05, 3.63) is 46.0 Å². The molecular formula is C11H11BrN2O2. The van der Waals surface area contributed by atoms with E-state index < -0.39 is 6.10 Å². The topological polar surface area (TPSA) is 59.2 Å². The van der Waals surface area contributed by atoms with Gasteiger partial charge in [0.1, 0.15) is 6.10 Å². The molecule has 2 rings (SSSR count). The van der Waals surface area contributed by atoms with Gasteiger partial charge < -0.3 is 9.63 Å². The summed E-state index contributed by atoms with van der Waals surface area (Å²) in [6.07, 6.45) is -0.116. The number of hydrogen-bond donors (Lipinski definition) is 1. The van der Waals surface area contributed by atoms with Crippen LogP contribution in [0.15, 0.2) is 33.3 Å². The predicted molar refractivity (Wildman–Crippen MR) is 61.9 cm³/mol. The molecule has 5 heteroatoms. The number of rotatable bonds is 3. The Bertz CT molecular complexity index is 465. The third kappa shape index (κ3) is 2.68. The molecule has 0 saturated heterocycles. The zero-order valence-electron chi connectivity index (χ0n) is 8.72. The Kier molecular flexibility index (Phi) is 3.36. The number of aliphatic hydroxyl groups is 1. The van der Waals surface area contributed by atoms with Crippen LogP contribution in [0.25, 0.3) is 0 Å². The molecule has 0 aliphatic heterocycles. The fourth-order valence-corrected chi connectivity index (χ4v) is 1.56. The minimum atomic E-state index is -0.717. The van der Waals surface area contributed by atoms with Crippen molar-refractivity contribution in [1.82, 2.24) is 10.1 Å². The highest BCUT2D eigenvalue weighted by molar-refractivity contribution is 9.10. The molecule has 1 unspecified atom stereocenters. The fraction of sp³-hybridized carbons (Fsp3) is 0.273. The molecule has 0 bridgehead atoms. The molecular weight excluding hydrogens is 272 g/mol. The number of aromatic nitrogens is 2. The van der Waals surface area contributed by atoms with E-state index in [1.54, 1.807) is 6.92 Å². The number of benzene rings is 1. The molecule has 0 spiro atoms. The van der Waals surface area contributed by atoms with Gasteiger partial charge in [-0.3, -0.25) is 0 Å². The van der Waals surface area contributed by atoms with Gasteiger partial charge in [-0.1, -0.05) is 33.2 Å². The molecule has 1 atom stereocenters. The molecule has 84 valence electrons. The van der Waals surface area contributed by atoms with Gasteiger partial charge >= 0.3 is 0 Å². The van der Waals surface area contributed by atoms with Gasteiger partial charge in [0, 0.05) is 10.9 Å². The molecule has 0 fully saturated rings. The van der Waals surface area contributed by atoms with E-state index >= 15 is 0 Å². The molecule has 0 amide bonds. The van der Waals surface area contributed by atoms with E-state index in [4.69, 9.17) is 4.52 Å². The van der Waals surface area contributed by atoms with Crippen LogP contribution in [0, 0.1) is 0 Å². The highest BCUT2D eigenvalue weighted by Gasteiger charge is 2.11. The van der Waals surface area contributed by atoms with Crippen LogP contribution in [0.3, 0.4) is 0 Å². The quantitative estimate of drug-likeness (QED) is 0.940. The second kappa shape index (κ2) is 4.76. The average Bonchev–Trinajstić information content (AvgIpc) is 2.70. The van der Waals surface area contributed by atoms with Crippen molar-refractivity contribution < 1.29 is 9.63 Å². The first-order chi connectivity index (χ1) is 7.65. The van der Waals surface area contributed by atoms with Crippen LogP contribution in [-0.4, -0.2) is 15.2 Å². The summed E-state index contributed by atoms with van der Waals surface area (Å²) in [5.74, 6) is 0.838. The summed E-state index contributed by atoms with van der Waals surface area (Å²) in [6.45, 7) is 1.59. The fourth-order valence-electron chi connectivity index (χ4n) is 1.29. The van der Waals surface area contributed by atoms with Crippen LogP contribution in [0.1, 0.15) is 30.3 Å². The molecule has 0 radical (unpaired) electrons. The molecule has 1 N–H and O–H groups in total. The molecule has 0 aliphatic carbocycles. The van der Waals surface area contributed by atoms with E-state index in [1.807, 2.05) is 24.3 Å². The van der Waals surface area contributed by atoms with Crippen molar-refractivity contribution in [3.63, 3.8) is 0 Å². The molecule has 1 heterocycles. The average molecular weight is 283 g/mol. The number of aliphatic hydroxyl groups excluding tert-OH is 1.